The molecule has 112 valence electrons. The fourth-order valence-electron chi connectivity index (χ4n) is 1.61. The molecular formula is C12H8Br2Cl2N2O2S. The predicted molar refractivity (Wildman–Crippen MR) is 91.6 cm³/mol. The van der Waals surface area contributed by atoms with Gasteiger partial charge in [0.05, 0.1) is 21.9 Å². The zero-order valence-electron chi connectivity index (χ0n) is 10.5. The predicted octanol–water partition coefficient (Wildman–Crippen LogP) is 5.02. The maximum Gasteiger partial charge on any atom is 0.264 e. The van der Waals surface area contributed by atoms with Crippen LogP contribution in [-0.4, -0.2) is 13.4 Å². The van der Waals surface area contributed by atoms with Gasteiger partial charge in [0.2, 0.25) is 0 Å². The lowest BCUT2D eigenvalue weighted by Gasteiger charge is -2.12. The molecule has 0 aliphatic heterocycles. The summed E-state index contributed by atoms with van der Waals surface area (Å²) in [5.74, 6) is 0. The molecule has 0 fully saturated rings. The third kappa shape index (κ3) is 3.90. The second-order valence-corrected chi connectivity index (χ2v) is 8.24. The van der Waals surface area contributed by atoms with Crippen LogP contribution in [-0.2, 0) is 10.0 Å². The van der Waals surface area contributed by atoms with Crippen molar-refractivity contribution in [3.63, 3.8) is 0 Å². The molecule has 0 saturated heterocycles. The smallest absolute Gasteiger partial charge is 0.264 e. The Morgan fingerprint density at radius 3 is 2.24 bits per heavy atom. The highest BCUT2D eigenvalue weighted by molar-refractivity contribution is 9.10. The van der Waals surface area contributed by atoms with Crippen LogP contribution in [0.3, 0.4) is 0 Å². The van der Waals surface area contributed by atoms with Crippen LogP contribution in [0, 0.1) is 6.92 Å². The van der Waals surface area contributed by atoms with Gasteiger partial charge in [0.1, 0.15) is 9.50 Å². The second kappa shape index (κ2) is 6.42. The van der Waals surface area contributed by atoms with Gasteiger partial charge >= 0.3 is 0 Å². The molecule has 0 atom stereocenters. The molecule has 9 heteroatoms. The molecule has 0 aliphatic rings. The van der Waals surface area contributed by atoms with E-state index in [4.69, 9.17) is 23.2 Å². The van der Waals surface area contributed by atoms with E-state index in [0.717, 1.165) is 5.56 Å². The maximum atomic E-state index is 12.4. The number of hydrogen-bond donors (Lipinski definition) is 1. The van der Waals surface area contributed by atoms with E-state index in [1.54, 1.807) is 13.0 Å². The zero-order chi connectivity index (χ0) is 15.8. The summed E-state index contributed by atoms with van der Waals surface area (Å²) < 4.78 is 28.5. The van der Waals surface area contributed by atoms with Crippen LogP contribution in [0.2, 0.25) is 10.0 Å². The minimum Gasteiger partial charge on any atom is -0.278 e. The van der Waals surface area contributed by atoms with Crippen LogP contribution >= 0.6 is 55.1 Å². The number of anilines is 1. The average molecular weight is 475 g/mol. The Morgan fingerprint density at radius 1 is 1.14 bits per heavy atom. The van der Waals surface area contributed by atoms with E-state index in [9.17, 15) is 8.42 Å². The van der Waals surface area contributed by atoms with E-state index in [2.05, 4.69) is 41.6 Å². The summed E-state index contributed by atoms with van der Waals surface area (Å²) in [6, 6.07) is 4.58. The number of aromatic nitrogens is 1. The van der Waals surface area contributed by atoms with Crippen molar-refractivity contribution in [2.75, 3.05) is 4.72 Å². The number of aryl methyl sites for hydroxylation is 1. The Labute approximate surface area is 149 Å². The molecule has 0 radical (unpaired) electrons. The van der Waals surface area contributed by atoms with Crippen molar-refractivity contribution in [3.8, 4) is 0 Å². The van der Waals surface area contributed by atoms with Crippen molar-refractivity contribution in [3.05, 3.63) is 49.1 Å². The second-order valence-electron chi connectivity index (χ2n) is 4.14. The first kappa shape index (κ1) is 17.0. The summed E-state index contributed by atoms with van der Waals surface area (Å²) >= 11 is 18.4. The number of halogens is 4. The highest BCUT2D eigenvalue weighted by atomic mass is 79.9. The Kier molecular flexibility index (Phi) is 5.20. The summed E-state index contributed by atoms with van der Waals surface area (Å²) in [4.78, 5) is 3.86. The monoisotopic (exact) mass is 472 g/mol. The fraction of sp³-hybridized carbons (Fsp3) is 0.0833. The van der Waals surface area contributed by atoms with Gasteiger partial charge in [-0.05, 0) is 46.6 Å². The molecule has 2 aromatic rings. The van der Waals surface area contributed by atoms with Crippen molar-refractivity contribution in [2.24, 2.45) is 0 Å². The number of hydrogen-bond acceptors (Lipinski definition) is 3. The average Bonchev–Trinajstić information content (AvgIpc) is 2.31. The van der Waals surface area contributed by atoms with E-state index < -0.39 is 10.0 Å². The standard InChI is InChI=1S/C12H8Br2Cl2N2O2S/c1-6-2-8(5-17-12(6)14)18-21(19,20)11-9(15)3-7(13)4-10(11)16/h2-5,18H,1H3. The topological polar surface area (TPSA) is 59.1 Å². The van der Waals surface area contributed by atoms with E-state index >= 15 is 0 Å². The van der Waals surface area contributed by atoms with E-state index in [-0.39, 0.29) is 14.9 Å². The summed E-state index contributed by atoms with van der Waals surface area (Å²) in [6.07, 6.45) is 1.40. The lowest BCUT2D eigenvalue weighted by Crippen LogP contribution is -2.14. The third-order valence-corrected chi connectivity index (χ3v) is 6.09. The van der Waals surface area contributed by atoms with Crippen LogP contribution in [0.5, 0.6) is 0 Å². The van der Waals surface area contributed by atoms with Crippen LogP contribution < -0.4 is 4.72 Å². The van der Waals surface area contributed by atoms with Gasteiger partial charge in [-0.3, -0.25) is 4.72 Å². The molecule has 0 bridgehead atoms. The molecular weight excluding hydrogens is 467 g/mol. The lowest BCUT2D eigenvalue weighted by molar-refractivity contribution is 0.601. The fourth-order valence-corrected chi connectivity index (χ4v) is 4.80. The SMILES string of the molecule is Cc1cc(NS(=O)(=O)c2c(Cl)cc(Br)cc2Cl)cnc1Br. The Hall–Kier alpha value is -0.340. The summed E-state index contributed by atoms with van der Waals surface area (Å²) in [5, 5.41) is 0.0623. The maximum absolute atomic E-state index is 12.4. The minimum atomic E-state index is -3.91. The van der Waals surface area contributed by atoms with Gasteiger partial charge in [-0.2, -0.15) is 0 Å². The number of nitrogens with zero attached hydrogens (tertiary/aromatic N) is 1. The summed E-state index contributed by atoms with van der Waals surface area (Å²) in [5.41, 5.74) is 1.12. The molecule has 0 aliphatic carbocycles. The first-order chi connectivity index (χ1) is 9.70. The molecule has 0 amide bonds. The van der Waals surface area contributed by atoms with Crippen LogP contribution in [0.4, 0.5) is 5.69 Å². The molecule has 4 nitrogen and oxygen atoms in total. The highest BCUT2D eigenvalue weighted by Crippen LogP contribution is 2.34. The van der Waals surface area contributed by atoms with Crippen molar-refractivity contribution in [1.29, 1.82) is 0 Å². The molecule has 1 N–H and O–H groups in total. The van der Waals surface area contributed by atoms with E-state index in [1.807, 2.05) is 0 Å². The number of rotatable bonds is 3. The van der Waals surface area contributed by atoms with Crippen LogP contribution in [0.25, 0.3) is 0 Å². The molecule has 1 aromatic carbocycles. The van der Waals surface area contributed by atoms with Gasteiger partial charge in [0, 0.05) is 4.47 Å². The summed E-state index contributed by atoms with van der Waals surface area (Å²) in [6.45, 7) is 1.80. The minimum absolute atomic E-state index is 0.0312. The first-order valence-electron chi connectivity index (χ1n) is 5.50. The first-order valence-corrected chi connectivity index (χ1v) is 9.33. The lowest BCUT2D eigenvalue weighted by atomic mass is 10.3. The molecule has 2 rings (SSSR count). The van der Waals surface area contributed by atoms with Crippen LogP contribution in [0.15, 0.2) is 38.4 Å². The highest BCUT2D eigenvalue weighted by Gasteiger charge is 2.22. The van der Waals surface area contributed by atoms with Gasteiger partial charge in [-0.15, -0.1) is 0 Å². The quantitative estimate of drug-likeness (QED) is 0.635. The molecule has 0 unspecified atom stereocenters. The van der Waals surface area contributed by atoms with E-state index in [0.29, 0.717) is 14.8 Å². The Balaban J connectivity index is 2.46. The van der Waals surface area contributed by atoms with Gasteiger partial charge in [0.15, 0.2) is 0 Å². The number of sulfonamides is 1. The van der Waals surface area contributed by atoms with Gasteiger partial charge in [0.25, 0.3) is 10.0 Å². The largest absolute Gasteiger partial charge is 0.278 e. The van der Waals surface area contributed by atoms with Gasteiger partial charge in [-0.25, -0.2) is 13.4 Å². The van der Waals surface area contributed by atoms with Crippen LogP contribution in [0.1, 0.15) is 5.56 Å². The van der Waals surface area contributed by atoms with Crippen molar-refractivity contribution >= 4 is 70.8 Å². The van der Waals surface area contributed by atoms with Gasteiger partial charge < -0.3 is 0 Å². The molecule has 0 spiro atoms. The van der Waals surface area contributed by atoms with Crippen molar-refractivity contribution < 1.29 is 8.42 Å². The number of pyridine rings is 1. The van der Waals surface area contributed by atoms with E-state index in [1.165, 1.54) is 18.3 Å². The normalized spacial score (nSPS) is 11.5. The number of nitrogens with one attached hydrogen (secondary N) is 1. The zero-order valence-corrected chi connectivity index (χ0v) is 16.0. The molecule has 0 saturated carbocycles. The summed E-state index contributed by atoms with van der Waals surface area (Å²) in [7, 11) is -3.91. The number of benzene rings is 1. The van der Waals surface area contributed by atoms with Gasteiger partial charge in [-0.1, -0.05) is 39.1 Å². The molecule has 1 heterocycles. The Morgan fingerprint density at radius 2 is 1.71 bits per heavy atom. The third-order valence-electron chi connectivity index (χ3n) is 2.50. The molecule has 1 aromatic heterocycles. The Bertz CT molecular complexity index is 790. The molecule has 21 heavy (non-hydrogen) atoms. The van der Waals surface area contributed by atoms with Crippen molar-refractivity contribution in [1.82, 2.24) is 4.98 Å². The van der Waals surface area contributed by atoms with Crippen molar-refractivity contribution in [2.45, 2.75) is 11.8 Å².